The summed E-state index contributed by atoms with van der Waals surface area (Å²) in [4.78, 5) is 23.9. The third kappa shape index (κ3) is 2.85. The number of hydrogen-bond acceptors (Lipinski definition) is 3. The smallest absolute Gasteiger partial charge is 0.319 e. The third-order valence-electron chi connectivity index (χ3n) is 2.88. The molecule has 0 saturated carbocycles. The fourth-order valence-corrected chi connectivity index (χ4v) is 1.92. The lowest BCUT2D eigenvalue weighted by Gasteiger charge is -2.32. The first kappa shape index (κ1) is 15.2. The molecule has 1 atom stereocenters. The van der Waals surface area contributed by atoms with E-state index in [1.165, 1.54) is 12.6 Å². The summed E-state index contributed by atoms with van der Waals surface area (Å²) in [6, 6.07) is 0. The molecule has 0 amide bonds. The molecular weight excluding hydrogens is 228 g/mol. The molecule has 1 unspecified atom stereocenters. The Labute approximate surface area is 102 Å². The molecule has 0 N–H and O–H groups in total. The van der Waals surface area contributed by atoms with Crippen LogP contribution in [0, 0.1) is 11.3 Å². The highest BCUT2D eigenvalue weighted by atomic mass is 35.5. The summed E-state index contributed by atoms with van der Waals surface area (Å²) in [6.45, 7) is 5.42. The molecule has 0 saturated heterocycles. The molecular formula is C12H19ClO3. The molecule has 0 aliphatic carbocycles. The number of halogens is 1. The van der Waals surface area contributed by atoms with Crippen LogP contribution in [0.2, 0.25) is 0 Å². The van der Waals surface area contributed by atoms with Crippen molar-refractivity contribution < 1.29 is 14.3 Å². The highest BCUT2D eigenvalue weighted by Crippen LogP contribution is 2.36. The van der Waals surface area contributed by atoms with Crippen LogP contribution in [0.4, 0.5) is 0 Å². The van der Waals surface area contributed by atoms with Crippen LogP contribution in [-0.2, 0) is 14.3 Å². The molecule has 0 bridgehead atoms. The van der Waals surface area contributed by atoms with Crippen LogP contribution in [0.1, 0.15) is 33.6 Å². The van der Waals surface area contributed by atoms with E-state index in [1.54, 1.807) is 13.0 Å². The van der Waals surface area contributed by atoms with Gasteiger partial charge in [-0.3, -0.25) is 9.59 Å². The van der Waals surface area contributed by atoms with Crippen LogP contribution >= 0.6 is 11.6 Å². The second kappa shape index (κ2) is 6.69. The van der Waals surface area contributed by atoms with E-state index in [1.807, 2.05) is 13.8 Å². The maximum absolute atomic E-state index is 12.0. The van der Waals surface area contributed by atoms with Crippen molar-refractivity contribution in [2.75, 3.05) is 7.11 Å². The lowest BCUT2D eigenvalue weighted by atomic mass is 9.70. The number of ether oxygens (including phenoxy) is 1. The van der Waals surface area contributed by atoms with Gasteiger partial charge in [0, 0.05) is 12.0 Å². The standard InChI is InChI=1S/C12H19ClO3/c1-5-10(14)12(9(2)3,7-6-8-13)11(15)16-4/h6,8-9H,5,7H2,1-4H3/b8-6+. The first-order chi connectivity index (χ1) is 7.47. The summed E-state index contributed by atoms with van der Waals surface area (Å²) in [5.41, 5.74) is 0.220. The van der Waals surface area contributed by atoms with Crippen LogP contribution < -0.4 is 0 Å². The van der Waals surface area contributed by atoms with E-state index in [-0.39, 0.29) is 18.1 Å². The summed E-state index contributed by atoms with van der Waals surface area (Å²) in [5.74, 6) is -0.714. The summed E-state index contributed by atoms with van der Waals surface area (Å²) in [5, 5.41) is 0. The summed E-state index contributed by atoms with van der Waals surface area (Å²) in [6.07, 6.45) is 2.21. The Hall–Kier alpha value is -0.830. The SMILES string of the molecule is CCC(=O)C(C/C=C/Cl)(C(=O)OC)C(C)C. The van der Waals surface area contributed by atoms with Crippen LogP contribution in [0.3, 0.4) is 0 Å². The largest absolute Gasteiger partial charge is 0.468 e. The number of rotatable bonds is 6. The number of carbonyl (C=O) groups is 2. The van der Waals surface area contributed by atoms with Crippen LogP contribution in [-0.4, -0.2) is 18.9 Å². The Kier molecular flexibility index (Phi) is 6.34. The van der Waals surface area contributed by atoms with Gasteiger partial charge < -0.3 is 4.74 Å². The summed E-state index contributed by atoms with van der Waals surface area (Å²) >= 11 is 5.46. The molecule has 0 aromatic carbocycles. The van der Waals surface area contributed by atoms with Gasteiger partial charge in [-0.15, -0.1) is 0 Å². The summed E-state index contributed by atoms with van der Waals surface area (Å²) < 4.78 is 4.76. The van der Waals surface area contributed by atoms with Crippen molar-refractivity contribution >= 4 is 23.4 Å². The van der Waals surface area contributed by atoms with Crippen molar-refractivity contribution in [3.05, 3.63) is 11.6 Å². The number of esters is 1. The fraction of sp³-hybridized carbons (Fsp3) is 0.667. The molecule has 0 rings (SSSR count). The Morgan fingerprint density at radius 3 is 2.31 bits per heavy atom. The molecule has 0 fully saturated rings. The third-order valence-corrected chi connectivity index (χ3v) is 3.06. The number of methoxy groups -OCH3 is 1. The molecule has 3 nitrogen and oxygen atoms in total. The van der Waals surface area contributed by atoms with Crippen molar-refractivity contribution in [1.82, 2.24) is 0 Å². The average molecular weight is 247 g/mol. The van der Waals surface area contributed by atoms with Gasteiger partial charge in [0.05, 0.1) is 7.11 Å². The van der Waals surface area contributed by atoms with Gasteiger partial charge in [-0.2, -0.15) is 0 Å². The Balaban J connectivity index is 5.38. The highest BCUT2D eigenvalue weighted by molar-refractivity contribution is 6.25. The maximum Gasteiger partial charge on any atom is 0.319 e. The van der Waals surface area contributed by atoms with Gasteiger partial charge in [-0.1, -0.05) is 38.4 Å². The number of carbonyl (C=O) groups excluding carboxylic acids is 2. The topological polar surface area (TPSA) is 43.4 Å². The summed E-state index contributed by atoms with van der Waals surface area (Å²) in [7, 11) is 1.30. The molecule has 92 valence electrons. The molecule has 0 radical (unpaired) electrons. The Morgan fingerprint density at radius 2 is 2.00 bits per heavy atom. The minimum absolute atomic E-state index is 0.107. The van der Waals surface area contributed by atoms with Crippen LogP contribution in [0.15, 0.2) is 11.6 Å². The number of hydrogen-bond donors (Lipinski definition) is 0. The monoisotopic (exact) mass is 246 g/mol. The van der Waals surface area contributed by atoms with Crippen molar-refractivity contribution in [2.45, 2.75) is 33.6 Å². The van der Waals surface area contributed by atoms with Gasteiger partial charge >= 0.3 is 5.97 Å². The zero-order valence-corrected chi connectivity index (χ0v) is 11.0. The maximum atomic E-state index is 12.0. The highest BCUT2D eigenvalue weighted by Gasteiger charge is 2.47. The van der Waals surface area contributed by atoms with Gasteiger partial charge in [0.15, 0.2) is 0 Å². The van der Waals surface area contributed by atoms with Gasteiger partial charge in [0.25, 0.3) is 0 Å². The molecule has 16 heavy (non-hydrogen) atoms. The van der Waals surface area contributed by atoms with Gasteiger partial charge in [0.1, 0.15) is 11.2 Å². The van der Waals surface area contributed by atoms with E-state index in [0.29, 0.717) is 6.42 Å². The van der Waals surface area contributed by atoms with E-state index in [4.69, 9.17) is 16.3 Å². The van der Waals surface area contributed by atoms with E-state index in [0.717, 1.165) is 0 Å². The molecule has 0 heterocycles. The van der Waals surface area contributed by atoms with Crippen molar-refractivity contribution in [3.63, 3.8) is 0 Å². The second-order valence-electron chi connectivity index (χ2n) is 3.96. The molecule has 0 spiro atoms. The number of allylic oxidation sites excluding steroid dienone is 1. The van der Waals surface area contributed by atoms with E-state index in [9.17, 15) is 9.59 Å². The zero-order chi connectivity index (χ0) is 12.8. The minimum Gasteiger partial charge on any atom is -0.468 e. The van der Waals surface area contributed by atoms with Crippen LogP contribution in [0.5, 0.6) is 0 Å². The quantitative estimate of drug-likeness (QED) is 0.535. The molecule has 4 heteroatoms. The fourth-order valence-electron chi connectivity index (χ4n) is 1.83. The van der Waals surface area contributed by atoms with E-state index >= 15 is 0 Å². The van der Waals surface area contributed by atoms with Gasteiger partial charge in [0.2, 0.25) is 0 Å². The molecule has 0 aromatic heterocycles. The Bertz CT molecular complexity index is 266. The first-order valence-electron chi connectivity index (χ1n) is 5.34. The van der Waals surface area contributed by atoms with Gasteiger partial charge in [-0.05, 0) is 12.3 Å². The number of ketones is 1. The second-order valence-corrected chi connectivity index (χ2v) is 4.21. The predicted molar refractivity (Wildman–Crippen MR) is 64.2 cm³/mol. The lowest BCUT2D eigenvalue weighted by Crippen LogP contribution is -2.44. The minimum atomic E-state index is -1.10. The van der Waals surface area contributed by atoms with E-state index < -0.39 is 11.4 Å². The molecule has 0 aliphatic rings. The molecule has 0 aliphatic heterocycles. The van der Waals surface area contributed by atoms with Gasteiger partial charge in [-0.25, -0.2) is 0 Å². The van der Waals surface area contributed by atoms with E-state index in [2.05, 4.69) is 0 Å². The average Bonchev–Trinajstić information content (AvgIpc) is 2.28. The molecule has 0 aromatic rings. The van der Waals surface area contributed by atoms with Crippen molar-refractivity contribution in [3.8, 4) is 0 Å². The van der Waals surface area contributed by atoms with Crippen molar-refractivity contribution in [1.29, 1.82) is 0 Å². The normalized spacial score (nSPS) is 15.1. The Morgan fingerprint density at radius 1 is 1.44 bits per heavy atom. The predicted octanol–water partition coefficient (Wildman–Crippen LogP) is 2.92. The zero-order valence-electron chi connectivity index (χ0n) is 10.2. The van der Waals surface area contributed by atoms with Crippen molar-refractivity contribution in [2.24, 2.45) is 11.3 Å². The first-order valence-corrected chi connectivity index (χ1v) is 5.77. The number of Topliss-reactive ketones (excluding diaryl/α,β-unsaturated/α-hetero) is 1. The van der Waals surface area contributed by atoms with Crippen LogP contribution in [0.25, 0.3) is 0 Å². The lowest BCUT2D eigenvalue weighted by molar-refractivity contribution is -0.161.